The molecule has 0 radical (unpaired) electrons. The van der Waals surface area contributed by atoms with E-state index in [0.717, 1.165) is 5.56 Å². The van der Waals surface area contributed by atoms with E-state index in [0.29, 0.717) is 6.54 Å². The highest BCUT2D eigenvalue weighted by Gasteiger charge is 1.98. The van der Waals surface area contributed by atoms with E-state index < -0.39 is 5.91 Å². The first-order valence-corrected chi connectivity index (χ1v) is 4.05. The summed E-state index contributed by atoms with van der Waals surface area (Å²) in [6.07, 6.45) is 1.86. The van der Waals surface area contributed by atoms with Crippen molar-refractivity contribution in [2.24, 2.45) is 5.73 Å². The zero-order chi connectivity index (χ0) is 9.84. The lowest BCUT2D eigenvalue weighted by Crippen LogP contribution is -2.22. The predicted octanol–water partition coefficient (Wildman–Crippen LogP) is 0.0321. The van der Waals surface area contributed by atoms with E-state index in [2.05, 4.69) is 0 Å². The smallest absolute Gasteiger partial charge is 0.250 e. The Labute approximate surface area is 76.0 Å². The number of carbonyl (C=O) groups is 1. The van der Waals surface area contributed by atoms with Crippen LogP contribution >= 0.6 is 0 Å². The van der Waals surface area contributed by atoms with Gasteiger partial charge in [0.05, 0.1) is 0 Å². The van der Waals surface area contributed by atoms with Crippen molar-refractivity contribution in [3.63, 3.8) is 0 Å². The average Bonchev–Trinajstić information content (AvgIpc) is 2.02. The van der Waals surface area contributed by atoms with Crippen LogP contribution in [-0.4, -0.2) is 10.5 Å². The molecule has 1 rings (SSSR count). The minimum atomic E-state index is -0.396. The number of primary amides is 1. The third-order valence-electron chi connectivity index (χ3n) is 1.75. The molecule has 0 aromatic carbocycles. The molecule has 4 heteroatoms. The number of nitrogens with two attached hydrogens (primary N) is 1. The van der Waals surface area contributed by atoms with E-state index >= 15 is 0 Å². The van der Waals surface area contributed by atoms with Crippen LogP contribution < -0.4 is 11.3 Å². The third kappa shape index (κ3) is 2.74. The second-order valence-electron chi connectivity index (χ2n) is 2.95. The molecule has 1 aromatic rings. The summed E-state index contributed by atoms with van der Waals surface area (Å²) in [5.41, 5.74) is 5.79. The van der Waals surface area contributed by atoms with Gasteiger partial charge in [-0.25, -0.2) is 0 Å². The lowest BCUT2D eigenvalue weighted by Gasteiger charge is -2.02. The van der Waals surface area contributed by atoms with Gasteiger partial charge in [0.1, 0.15) is 0 Å². The minimum absolute atomic E-state index is 0.0961. The molecule has 0 aliphatic carbocycles. The molecule has 0 fully saturated rings. The molecule has 13 heavy (non-hydrogen) atoms. The average molecular weight is 180 g/mol. The molecule has 0 saturated heterocycles. The van der Waals surface area contributed by atoms with Gasteiger partial charge in [0.25, 0.3) is 5.56 Å². The molecule has 0 aliphatic rings. The number of hydrogen-bond donors (Lipinski definition) is 1. The Kier molecular flexibility index (Phi) is 2.84. The second kappa shape index (κ2) is 3.89. The van der Waals surface area contributed by atoms with Gasteiger partial charge in [0, 0.05) is 25.2 Å². The largest absolute Gasteiger partial charge is 0.370 e. The molecule has 70 valence electrons. The number of carbonyl (C=O) groups excluding carboxylic acids is 1. The summed E-state index contributed by atoms with van der Waals surface area (Å²) in [6, 6.07) is 3.35. The van der Waals surface area contributed by atoms with Crippen LogP contribution in [0.5, 0.6) is 0 Å². The predicted molar refractivity (Wildman–Crippen MR) is 49.3 cm³/mol. The van der Waals surface area contributed by atoms with Crippen LogP contribution in [0.4, 0.5) is 0 Å². The molecule has 0 bridgehead atoms. The number of aryl methyl sites for hydroxylation is 2. The summed E-state index contributed by atoms with van der Waals surface area (Å²) >= 11 is 0. The summed E-state index contributed by atoms with van der Waals surface area (Å²) < 4.78 is 1.47. The van der Waals surface area contributed by atoms with E-state index in [1.807, 2.05) is 13.0 Å². The minimum Gasteiger partial charge on any atom is -0.370 e. The van der Waals surface area contributed by atoms with Crippen LogP contribution in [0.15, 0.2) is 23.1 Å². The molecule has 0 spiro atoms. The molecule has 1 aromatic heterocycles. The van der Waals surface area contributed by atoms with Gasteiger partial charge in [-0.1, -0.05) is 0 Å². The van der Waals surface area contributed by atoms with Crippen LogP contribution in [0.2, 0.25) is 0 Å². The maximum absolute atomic E-state index is 11.3. The molecule has 0 atom stereocenters. The number of pyridine rings is 1. The fourth-order valence-corrected chi connectivity index (χ4v) is 1.02. The Morgan fingerprint density at radius 3 is 2.85 bits per heavy atom. The van der Waals surface area contributed by atoms with Crippen LogP contribution in [-0.2, 0) is 11.3 Å². The molecule has 0 aliphatic heterocycles. The maximum Gasteiger partial charge on any atom is 0.250 e. The highest BCUT2D eigenvalue weighted by Crippen LogP contribution is 1.92. The quantitative estimate of drug-likeness (QED) is 0.713. The highest BCUT2D eigenvalue weighted by molar-refractivity contribution is 5.73. The second-order valence-corrected chi connectivity index (χ2v) is 2.95. The SMILES string of the molecule is Cc1ccn(CCC(N)=O)c(=O)c1. The van der Waals surface area contributed by atoms with Crippen molar-refractivity contribution >= 4 is 5.91 Å². The fourth-order valence-electron chi connectivity index (χ4n) is 1.02. The first-order valence-electron chi connectivity index (χ1n) is 4.05. The van der Waals surface area contributed by atoms with Crippen molar-refractivity contribution in [3.8, 4) is 0 Å². The zero-order valence-electron chi connectivity index (χ0n) is 7.49. The number of hydrogen-bond acceptors (Lipinski definition) is 2. The summed E-state index contributed by atoms with van der Waals surface area (Å²) in [4.78, 5) is 21.7. The molecule has 0 saturated carbocycles. The number of nitrogens with zero attached hydrogens (tertiary/aromatic N) is 1. The van der Waals surface area contributed by atoms with Gasteiger partial charge in [0.15, 0.2) is 0 Å². The summed E-state index contributed by atoms with van der Waals surface area (Å²) in [7, 11) is 0. The summed E-state index contributed by atoms with van der Waals surface area (Å²) in [6.45, 7) is 2.20. The van der Waals surface area contributed by atoms with Crippen LogP contribution in [0.1, 0.15) is 12.0 Å². The summed E-state index contributed by atoms with van der Waals surface area (Å²) in [5.74, 6) is -0.396. The van der Waals surface area contributed by atoms with Crippen LogP contribution in [0.25, 0.3) is 0 Å². The van der Waals surface area contributed by atoms with E-state index in [1.165, 1.54) is 10.6 Å². The summed E-state index contributed by atoms with van der Waals surface area (Å²) in [5, 5.41) is 0. The molecule has 1 heterocycles. The van der Waals surface area contributed by atoms with Crippen molar-refractivity contribution < 1.29 is 4.79 Å². The molecular formula is C9H12N2O2. The van der Waals surface area contributed by atoms with Crippen molar-refractivity contribution in [2.75, 3.05) is 0 Å². The Morgan fingerprint density at radius 1 is 1.62 bits per heavy atom. The molecule has 2 N–H and O–H groups in total. The number of rotatable bonds is 3. The van der Waals surface area contributed by atoms with Gasteiger partial charge in [0.2, 0.25) is 5.91 Å². The lowest BCUT2D eigenvalue weighted by molar-refractivity contribution is -0.118. The Hall–Kier alpha value is -1.58. The fraction of sp³-hybridized carbons (Fsp3) is 0.333. The van der Waals surface area contributed by atoms with Gasteiger partial charge < -0.3 is 10.3 Å². The van der Waals surface area contributed by atoms with E-state index in [-0.39, 0.29) is 12.0 Å². The van der Waals surface area contributed by atoms with Gasteiger partial charge >= 0.3 is 0 Å². The molecular weight excluding hydrogens is 168 g/mol. The van der Waals surface area contributed by atoms with E-state index in [4.69, 9.17) is 5.73 Å². The maximum atomic E-state index is 11.3. The van der Waals surface area contributed by atoms with Crippen molar-refractivity contribution in [1.29, 1.82) is 0 Å². The van der Waals surface area contributed by atoms with Gasteiger partial charge in [-0.05, 0) is 18.6 Å². The Balaban J connectivity index is 2.78. The van der Waals surface area contributed by atoms with Crippen LogP contribution in [0, 0.1) is 6.92 Å². The number of aromatic nitrogens is 1. The normalized spacial score (nSPS) is 9.92. The van der Waals surface area contributed by atoms with Crippen molar-refractivity contribution in [1.82, 2.24) is 4.57 Å². The standard InChI is InChI=1S/C9H12N2O2/c1-7-2-4-11(9(13)6-7)5-3-8(10)12/h2,4,6H,3,5H2,1H3,(H2,10,12). The zero-order valence-corrected chi connectivity index (χ0v) is 7.49. The first kappa shape index (κ1) is 9.51. The van der Waals surface area contributed by atoms with Crippen molar-refractivity contribution in [2.45, 2.75) is 19.9 Å². The number of amides is 1. The topological polar surface area (TPSA) is 65.1 Å². The molecule has 1 amide bonds. The third-order valence-corrected chi connectivity index (χ3v) is 1.75. The van der Waals surface area contributed by atoms with Gasteiger partial charge in [-0.15, -0.1) is 0 Å². The van der Waals surface area contributed by atoms with Gasteiger partial charge in [-0.2, -0.15) is 0 Å². The van der Waals surface area contributed by atoms with Gasteiger partial charge in [-0.3, -0.25) is 9.59 Å². The van der Waals surface area contributed by atoms with E-state index in [1.54, 1.807) is 6.20 Å². The molecule has 0 unspecified atom stereocenters. The monoisotopic (exact) mass is 180 g/mol. The lowest BCUT2D eigenvalue weighted by atomic mass is 10.3. The Bertz CT molecular complexity index is 368. The van der Waals surface area contributed by atoms with Crippen LogP contribution in [0.3, 0.4) is 0 Å². The first-order chi connectivity index (χ1) is 6.09. The van der Waals surface area contributed by atoms with Crippen molar-refractivity contribution in [3.05, 3.63) is 34.2 Å². The van der Waals surface area contributed by atoms with E-state index in [9.17, 15) is 9.59 Å². The highest BCUT2D eigenvalue weighted by atomic mass is 16.1. The Morgan fingerprint density at radius 2 is 2.31 bits per heavy atom. The molecule has 4 nitrogen and oxygen atoms in total.